The highest BCUT2D eigenvalue weighted by molar-refractivity contribution is 8.01. The van der Waals surface area contributed by atoms with Gasteiger partial charge in [-0.15, -0.1) is 11.8 Å². The lowest BCUT2D eigenvalue weighted by molar-refractivity contribution is 0.658. The van der Waals surface area contributed by atoms with Crippen molar-refractivity contribution in [1.29, 1.82) is 0 Å². The molecule has 58 heavy (non-hydrogen) atoms. The Kier molecular flexibility index (Phi) is 7.37. The molecule has 274 valence electrons. The maximum Gasteiger partial charge on any atom is 0.0971 e. The lowest BCUT2D eigenvalue weighted by Gasteiger charge is -2.27. The first-order valence-corrected chi connectivity index (χ1v) is 21.1. The topological polar surface area (TPSA) is 25.8 Å². The molecule has 3 heteroatoms. The minimum atomic E-state index is -0.109. The highest BCUT2D eigenvalue weighted by Gasteiger charge is 2.39. The molecule has 0 radical (unpaired) electrons. The number of hydrogen-bond donors (Lipinski definition) is 0. The first-order valence-electron chi connectivity index (χ1n) is 20.2. The Hall–Kier alpha value is -6.55. The summed E-state index contributed by atoms with van der Waals surface area (Å²) < 4.78 is 0. The van der Waals surface area contributed by atoms with Crippen molar-refractivity contribution in [3.63, 3.8) is 0 Å². The Morgan fingerprint density at radius 3 is 1.88 bits per heavy atom. The van der Waals surface area contributed by atoms with Crippen LogP contribution in [-0.2, 0) is 5.41 Å². The fraction of sp³-hybridized carbons (Fsp3) is 0.0909. The van der Waals surface area contributed by atoms with E-state index in [4.69, 9.17) is 9.97 Å². The maximum absolute atomic E-state index is 4.74. The van der Waals surface area contributed by atoms with Gasteiger partial charge in [0.05, 0.1) is 11.0 Å². The molecule has 0 N–H and O–H groups in total. The molecule has 2 atom stereocenters. The van der Waals surface area contributed by atoms with Gasteiger partial charge in [0, 0.05) is 44.6 Å². The van der Waals surface area contributed by atoms with Crippen LogP contribution in [0.15, 0.2) is 187 Å². The molecule has 9 aromatic rings. The zero-order valence-electron chi connectivity index (χ0n) is 32.3. The zero-order valence-corrected chi connectivity index (χ0v) is 33.1. The Balaban J connectivity index is 0.839. The van der Waals surface area contributed by atoms with Crippen LogP contribution < -0.4 is 0 Å². The summed E-state index contributed by atoms with van der Waals surface area (Å²) in [7, 11) is 0. The number of nitrogens with zero attached hydrogens (tertiary/aromatic N) is 2. The van der Waals surface area contributed by atoms with Gasteiger partial charge in [0.15, 0.2) is 0 Å². The van der Waals surface area contributed by atoms with E-state index in [1.165, 1.54) is 88.0 Å². The van der Waals surface area contributed by atoms with Crippen molar-refractivity contribution in [1.82, 2.24) is 9.97 Å². The van der Waals surface area contributed by atoms with Gasteiger partial charge in [-0.25, -0.2) is 0 Å². The molecule has 2 heterocycles. The van der Waals surface area contributed by atoms with E-state index in [0.717, 1.165) is 21.8 Å². The van der Waals surface area contributed by atoms with E-state index in [0.29, 0.717) is 11.2 Å². The van der Waals surface area contributed by atoms with Crippen molar-refractivity contribution in [2.75, 3.05) is 0 Å². The third-order valence-electron chi connectivity index (χ3n) is 13.0. The van der Waals surface area contributed by atoms with Crippen molar-refractivity contribution in [2.24, 2.45) is 0 Å². The zero-order chi connectivity index (χ0) is 38.5. The van der Waals surface area contributed by atoms with Crippen LogP contribution in [0.4, 0.5) is 0 Å². The van der Waals surface area contributed by atoms with Gasteiger partial charge in [-0.05, 0) is 107 Å². The minimum Gasteiger partial charge on any atom is -0.252 e. The molecule has 3 aliphatic rings. The molecule has 0 fully saturated rings. The smallest absolute Gasteiger partial charge is 0.0971 e. The van der Waals surface area contributed by atoms with E-state index in [1.54, 1.807) is 12.4 Å². The number of benzene rings is 8. The van der Waals surface area contributed by atoms with Crippen molar-refractivity contribution < 1.29 is 0 Å². The second kappa shape index (κ2) is 12.7. The summed E-state index contributed by atoms with van der Waals surface area (Å²) in [6, 6.07) is 56.5. The Morgan fingerprint density at radius 1 is 0.483 bits per heavy atom. The van der Waals surface area contributed by atoms with E-state index in [1.807, 2.05) is 11.8 Å². The third-order valence-corrected chi connectivity index (χ3v) is 14.4. The average molecular weight is 759 g/mol. The Labute approximate surface area is 342 Å². The number of allylic oxidation sites excluding steroid dienone is 3. The van der Waals surface area contributed by atoms with E-state index in [9.17, 15) is 0 Å². The first-order chi connectivity index (χ1) is 28.5. The molecule has 1 aromatic heterocycles. The lowest BCUT2D eigenvalue weighted by Crippen LogP contribution is -2.18. The fourth-order valence-electron chi connectivity index (χ4n) is 9.96. The van der Waals surface area contributed by atoms with E-state index >= 15 is 0 Å². The molecule has 0 saturated carbocycles. The maximum atomic E-state index is 4.74. The molecule has 8 aromatic carbocycles. The van der Waals surface area contributed by atoms with Crippen molar-refractivity contribution >= 4 is 49.9 Å². The average Bonchev–Trinajstić information content (AvgIpc) is 3.78. The highest BCUT2D eigenvalue weighted by atomic mass is 32.2. The molecule has 0 bridgehead atoms. The quantitative estimate of drug-likeness (QED) is 0.167. The van der Waals surface area contributed by atoms with Crippen LogP contribution in [-0.4, -0.2) is 15.2 Å². The normalized spacial score (nSPS) is 17.2. The van der Waals surface area contributed by atoms with Crippen LogP contribution in [0.25, 0.3) is 82.7 Å². The second-order valence-electron chi connectivity index (χ2n) is 16.5. The minimum absolute atomic E-state index is 0.109. The molecule has 2 aliphatic carbocycles. The summed E-state index contributed by atoms with van der Waals surface area (Å²) in [5, 5.41) is 5.08. The predicted octanol–water partition coefficient (Wildman–Crippen LogP) is 14.5. The van der Waals surface area contributed by atoms with E-state index in [2.05, 4.69) is 184 Å². The summed E-state index contributed by atoms with van der Waals surface area (Å²) in [6.07, 6.45) is 10.6. The van der Waals surface area contributed by atoms with Crippen LogP contribution in [0.1, 0.15) is 42.0 Å². The molecule has 0 saturated heterocycles. The molecular weight excluding hydrogens is 721 g/mol. The molecule has 2 nitrogen and oxygen atoms in total. The van der Waals surface area contributed by atoms with Crippen molar-refractivity contribution in [3.05, 3.63) is 205 Å². The van der Waals surface area contributed by atoms with Crippen molar-refractivity contribution in [3.8, 4) is 44.5 Å². The summed E-state index contributed by atoms with van der Waals surface area (Å²) in [6.45, 7) is 4.81. The van der Waals surface area contributed by atoms with Gasteiger partial charge in [0.2, 0.25) is 0 Å². The SMILES string of the molecule is CC1(C)c2cc(-c3cccc(-c4ccc(-c5ccc6c(c5)c5ccccc5c5nccnc65)cc4)c3)ccc2-c2ccc(C3C=CC=C4c5ccccc5SC43)cc21. The largest absolute Gasteiger partial charge is 0.252 e. The van der Waals surface area contributed by atoms with Crippen LogP contribution in [0, 0.1) is 0 Å². The lowest BCUT2D eigenvalue weighted by atomic mass is 9.79. The molecule has 0 spiro atoms. The van der Waals surface area contributed by atoms with Crippen LogP contribution >= 0.6 is 11.8 Å². The van der Waals surface area contributed by atoms with Gasteiger partial charge in [0.25, 0.3) is 0 Å². The summed E-state index contributed by atoms with van der Waals surface area (Å²) in [5.74, 6) is 0.346. The fourth-order valence-corrected chi connectivity index (χ4v) is 11.4. The number of rotatable bonds is 4. The van der Waals surface area contributed by atoms with Gasteiger partial charge < -0.3 is 0 Å². The predicted molar refractivity (Wildman–Crippen MR) is 244 cm³/mol. The summed E-state index contributed by atoms with van der Waals surface area (Å²) in [5.41, 5.74) is 18.9. The second-order valence-corrected chi connectivity index (χ2v) is 17.7. The van der Waals surface area contributed by atoms with Crippen LogP contribution in [0.3, 0.4) is 0 Å². The Morgan fingerprint density at radius 2 is 1.09 bits per heavy atom. The number of thioether (sulfide) groups is 1. The molecular formula is C55H38N2S. The van der Waals surface area contributed by atoms with Gasteiger partial charge in [0.1, 0.15) is 0 Å². The standard InChI is InChI=1S/C55H38N2S/c1-55(2)49-31-38(21-24-42(49)43-25-23-39(32-50(43)55)40-14-8-15-47-44-12-5-6-16-51(44)58-54(40)47)36-10-7-9-35(29-36)33-17-19-34(20-18-33)37-22-26-46-48(30-37)41-11-3-4-13-45(41)52-53(46)57-28-27-56-52/h3-32,40,54H,1-2H3. The number of aromatic nitrogens is 2. The Bertz CT molecular complexity index is 3210. The van der Waals surface area contributed by atoms with Crippen molar-refractivity contribution in [2.45, 2.75) is 35.3 Å². The molecule has 1 aliphatic heterocycles. The molecule has 2 unspecified atom stereocenters. The molecule has 12 rings (SSSR count). The molecule has 0 amide bonds. The number of hydrogen-bond acceptors (Lipinski definition) is 3. The number of fused-ring (bicyclic) bond motifs is 12. The van der Waals surface area contributed by atoms with Crippen LogP contribution in [0.2, 0.25) is 0 Å². The monoisotopic (exact) mass is 758 g/mol. The van der Waals surface area contributed by atoms with E-state index < -0.39 is 0 Å². The van der Waals surface area contributed by atoms with Gasteiger partial charge >= 0.3 is 0 Å². The van der Waals surface area contributed by atoms with Gasteiger partial charge in [-0.1, -0.05) is 159 Å². The third kappa shape index (κ3) is 5.06. The van der Waals surface area contributed by atoms with E-state index in [-0.39, 0.29) is 5.41 Å². The highest BCUT2D eigenvalue weighted by Crippen LogP contribution is 2.55. The van der Waals surface area contributed by atoms with Gasteiger partial charge in [-0.3, -0.25) is 9.97 Å². The first kappa shape index (κ1) is 33.6. The summed E-state index contributed by atoms with van der Waals surface area (Å²) >= 11 is 2.02. The van der Waals surface area contributed by atoms with Crippen LogP contribution in [0.5, 0.6) is 0 Å². The summed E-state index contributed by atoms with van der Waals surface area (Å²) in [4.78, 5) is 10.8. The van der Waals surface area contributed by atoms with Gasteiger partial charge in [-0.2, -0.15) is 0 Å².